The fraction of sp³-hybridized carbons (Fsp3) is 0.333. The fourth-order valence-electron chi connectivity index (χ4n) is 3.81. The molecule has 3 aromatic rings. The van der Waals surface area contributed by atoms with Gasteiger partial charge in [0.05, 0.1) is 12.2 Å². The van der Waals surface area contributed by atoms with E-state index in [0.29, 0.717) is 18.8 Å². The first kappa shape index (κ1) is 24.0. The Hall–Kier alpha value is -2.70. The Kier molecular flexibility index (Phi) is 8.82. The summed E-state index contributed by atoms with van der Waals surface area (Å²) in [6.07, 6.45) is -1.40. The number of hydrogen-bond donors (Lipinski definition) is 3. The van der Waals surface area contributed by atoms with Gasteiger partial charge in [0, 0.05) is 19.1 Å². The summed E-state index contributed by atoms with van der Waals surface area (Å²) < 4.78 is 5.30. The highest BCUT2D eigenvalue weighted by Gasteiger charge is 2.22. The molecule has 0 fully saturated rings. The zero-order valence-corrected chi connectivity index (χ0v) is 18.7. The second kappa shape index (κ2) is 11.8. The fourth-order valence-corrected chi connectivity index (χ4v) is 3.81. The van der Waals surface area contributed by atoms with Crippen molar-refractivity contribution in [2.45, 2.75) is 44.8 Å². The summed E-state index contributed by atoms with van der Waals surface area (Å²) in [6.45, 7) is 4.51. The van der Waals surface area contributed by atoms with Crippen LogP contribution in [0, 0.1) is 0 Å². The summed E-state index contributed by atoms with van der Waals surface area (Å²) >= 11 is 0. The van der Waals surface area contributed by atoms with E-state index in [4.69, 9.17) is 4.74 Å². The zero-order chi connectivity index (χ0) is 22.9. The molecule has 0 saturated heterocycles. The minimum atomic E-state index is -0.853. The van der Waals surface area contributed by atoms with Gasteiger partial charge in [0.25, 0.3) is 0 Å². The average Bonchev–Trinajstić information content (AvgIpc) is 2.80. The van der Waals surface area contributed by atoms with E-state index in [1.54, 1.807) is 6.92 Å². The van der Waals surface area contributed by atoms with Crippen molar-refractivity contribution in [1.82, 2.24) is 4.90 Å². The molecule has 0 aliphatic rings. The van der Waals surface area contributed by atoms with Gasteiger partial charge in [0.2, 0.25) is 0 Å². The predicted octanol–water partition coefficient (Wildman–Crippen LogP) is 4.10. The minimum absolute atomic E-state index is 0.0789. The number of hydrogen-bond acceptors (Lipinski definition) is 5. The maximum absolute atomic E-state index is 10.8. The largest absolute Gasteiger partial charge is 0.465 e. The molecule has 3 aromatic carbocycles. The van der Waals surface area contributed by atoms with Crippen LogP contribution in [0.25, 0.3) is 0 Å². The Morgan fingerprint density at radius 1 is 0.688 bits per heavy atom. The summed E-state index contributed by atoms with van der Waals surface area (Å²) in [5, 5.41) is 31.1. The molecule has 1 unspecified atom stereocenters. The molecule has 0 saturated carbocycles. The third-order valence-electron chi connectivity index (χ3n) is 5.57. The molecule has 0 spiro atoms. The van der Waals surface area contributed by atoms with Crippen LogP contribution in [0.4, 0.5) is 0 Å². The van der Waals surface area contributed by atoms with E-state index in [0.717, 1.165) is 23.1 Å². The second-order valence-electron chi connectivity index (χ2n) is 8.22. The molecule has 3 rings (SSSR count). The molecule has 0 aliphatic heterocycles. The molecule has 0 heterocycles. The maximum Gasteiger partial charge on any atom is 0.194 e. The van der Waals surface area contributed by atoms with Gasteiger partial charge in [0.15, 0.2) is 6.29 Å². The highest BCUT2D eigenvalue weighted by Crippen LogP contribution is 2.22. The maximum atomic E-state index is 10.8. The highest BCUT2D eigenvalue weighted by atomic mass is 16.6. The SMILES string of the molecule is CC(O)Oc1ccc(C[C@@H](C)N(C[C@H](O)c2ccccc2)C[C@H](O)c2ccccc2)cc1. The molecule has 0 aromatic heterocycles. The summed E-state index contributed by atoms with van der Waals surface area (Å²) in [7, 11) is 0. The van der Waals surface area contributed by atoms with Gasteiger partial charge in [-0.15, -0.1) is 0 Å². The molecular weight excluding hydrogens is 402 g/mol. The first-order valence-corrected chi connectivity index (χ1v) is 11.1. The summed E-state index contributed by atoms with van der Waals surface area (Å²) in [4.78, 5) is 2.13. The van der Waals surface area contributed by atoms with Gasteiger partial charge in [-0.3, -0.25) is 4.90 Å². The number of ether oxygens (including phenoxy) is 1. The van der Waals surface area contributed by atoms with E-state index in [2.05, 4.69) is 11.8 Å². The smallest absolute Gasteiger partial charge is 0.194 e. The number of benzene rings is 3. The Labute approximate surface area is 190 Å². The predicted molar refractivity (Wildman–Crippen MR) is 126 cm³/mol. The standard InChI is InChI=1S/C27H33NO4/c1-20(17-22-13-15-25(16-14-22)32-21(2)29)28(18-26(30)23-9-5-3-6-10-23)19-27(31)24-11-7-4-8-12-24/h3-16,20-21,26-27,29-31H,17-19H2,1-2H3/t20-,21?,26+,27+/m1/s1. The van der Waals surface area contributed by atoms with Crippen LogP contribution in [-0.4, -0.2) is 45.6 Å². The lowest BCUT2D eigenvalue weighted by molar-refractivity contribution is -0.000309. The van der Waals surface area contributed by atoms with Crippen molar-refractivity contribution in [3.8, 4) is 5.75 Å². The Balaban J connectivity index is 1.72. The first-order chi connectivity index (χ1) is 15.4. The van der Waals surface area contributed by atoms with Crippen molar-refractivity contribution in [1.29, 1.82) is 0 Å². The molecule has 0 radical (unpaired) electrons. The molecule has 5 nitrogen and oxygen atoms in total. The van der Waals surface area contributed by atoms with Crippen LogP contribution in [0.1, 0.15) is 42.7 Å². The lowest BCUT2D eigenvalue weighted by Crippen LogP contribution is -2.40. The van der Waals surface area contributed by atoms with Crippen LogP contribution in [0.2, 0.25) is 0 Å². The number of aliphatic hydroxyl groups is 3. The van der Waals surface area contributed by atoms with E-state index in [9.17, 15) is 15.3 Å². The molecule has 170 valence electrons. The van der Waals surface area contributed by atoms with Crippen LogP contribution < -0.4 is 4.74 Å². The Morgan fingerprint density at radius 3 is 1.59 bits per heavy atom. The van der Waals surface area contributed by atoms with Gasteiger partial charge in [-0.2, -0.15) is 0 Å². The molecule has 3 N–H and O–H groups in total. The van der Waals surface area contributed by atoms with E-state index in [1.807, 2.05) is 84.9 Å². The van der Waals surface area contributed by atoms with Gasteiger partial charge in [-0.1, -0.05) is 72.8 Å². The van der Waals surface area contributed by atoms with Crippen molar-refractivity contribution in [2.75, 3.05) is 13.1 Å². The Bertz CT molecular complexity index is 868. The van der Waals surface area contributed by atoms with Crippen molar-refractivity contribution >= 4 is 0 Å². The van der Waals surface area contributed by atoms with Crippen LogP contribution in [0.5, 0.6) is 5.75 Å². The summed E-state index contributed by atoms with van der Waals surface area (Å²) in [5.74, 6) is 0.618. The van der Waals surface area contributed by atoms with Crippen LogP contribution in [-0.2, 0) is 6.42 Å². The van der Waals surface area contributed by atoms with E-state index < -0.39 is 18.5 Å². The quantitative estimate of drug-likeness (QED) is 0.396. The third kappa shape index (κ3) is 7.18. The van der Waals surface area contributed by atoms with Gasteiger partial charge < -0.3 is 20.1 Å². The number of aliphatic hydroxyl groups excluding tert-OH is 3. The minimum Gasteiger partial charge on any atom is -0.465 e. The molecule has 0 amide bonds. The van der Waals surface area contributed by atoms with Gasteiger partial charge in [-0.25, -0.2) is 0 Å². The van der Waals surface area contributed by atoms with E-state index in [1.165, 1.54) is 0 Å². The molecule has 4 atom stereocenters. The lowest BCUT2D eigenvalue weighted by atomic mass is 10.0. The van der Waals surface area contributed by atoms with E-state index >= 15 is 0 Å². The van der Waals surface area contributed by atoms with Gasteiger partial charge in [0.1, 0.15) is 5.75 Å². The highest BCUT2D eigenvalue weighted by molar-refractivity contribution is 5.28. The zero-order valence-electron chi connectivity index (χ0n) is 18.7. The van der Waals surface area contributed by atoms with Gasteiger partial charge >= 0.3 is 0 Å². The first-order valence-electron chi connectivity index (χ1n) is 11.1. The summed E-state index contributed by atoms with van der Waals surface area (Å²) in [6, 6.07) is 26.9. The molecule has 0 aliphatic carbocycles. The number of nitrogens with zero attached hydrogens (tertiary/aromatic N) is 1. The molecule has 5 heteroatoms. The molecule has 32 heavy (non-hydrogen) atoms. The molecule has 0 bridgehead atoms. The topological polar surface area (TPSA) is 73.2 Å². The summed E-state index contributed by atoms with van der Waals surface area (Å²) in [5.41, 5.74) is 2.83. The lowest BCUT2D eigenvalue weighted by Gasteiger charge is -2.33. The molecular formula is C27H33NO4. The van der Waals surface area contributed by atoms with Gasteiger partial charge in [-0.05, 0) is 49.1 Å². The van der Waals surface area contributed by atoms with Crippen LogP contribution in [0.3, 0.4) is 0 Å². The van der Waals surface area contributed by atoms with E-state index in [-0.39, 0.29) is 6.04 Å². The third-order valence-corrected chi connectivity index (χ3v) is 5.57. The van der Waals surface area contributed by atoms with Crippen LogP contribution in [0.15, 0.2) is 84.9 Å². The van der Waals surface area contributed by atoms with Crippen molar-refractivity contribution in [3.63, 3.8) is 0 Å². The Morgan fingerprint density at radius 2 is 1.16 bits per heavy atom. The average molecular weight is 436 g/mol. The monoisotopic (exact) mass is 435 g/mol. The van der Waals surface area contributed by atoms with Crippen LogP contribution >= 0.6 is 0 Å². The number of rotatable bonds is 11. The van der Waals surface area contributed by atoms with Crippen molar-refractivity contribution in [2.24, 2.45) is 0 Å². The normalized spacial score (nSPS) is 15.2. The van der Waals surface area contributed by atoms with Crippen molar-refractivity contribution in [3.05, 3.63) is 102 Å². The van der Waals surface area contributed by atoms with Crippen molar-refractivity contribution < 1.29 is 20.1 Å². The second-order valence-corrected chi connectivity index (χ2v) is 8.22.